The molecule has 0 spiro atoms. The van der Waals surface area contributed by atoms with E-state index < -0.39 is 0 Å². The molecule has 2 N–H and O–H groups in total. The Kier molecular flexibility index (Phi) is 8.79. The smallest absolute Gasteiger partial charge is 0.247 e. The molecule has 2 aromatic carbocycles. The predicted octanol–water partition coefficient (Wildman–Crippen LogP) is 7.97. The van der Waals surface area contributed by atoms with Gasteiger partial charge in [-0.05, 0) is 106 Å². The van der Waals surface area contributed by atoms with Crippen LogP contribution < -0.4 is 10.1 Å². The number of carbonyl (C=O) groups excluding carboxylic acids is 1. The van der Waals surface area contributed by atoms with Crippen LogP contribution in [0, 0.1) is 0 Å². The summed E-state index contributed by atoms with van der Waals surface area (Å²) in [5.41, 5.74) is 4.75. The highest BCUT2D eigenvalue weighted by molar-refractivity contribution is 7.10. The summed E-state index contributed by atoms with van der Waals surface area (Å²) < 4.78 is 6.30. The number of likely N-dealkylation sites (tertiary alicyclic amines) is 1. The van der Waals surface area contributed by atoms with Crippen LogP contribution in [0.4, 0.5) is 5.69 Å². The maximum Gasteiger partial charge on any atom is 0.247 e. The number of carbonyl (C=O) groups is 1. The van der Waals surface area contributed by atoms with E-state index in [9.17, 15) is 4.79 Å². The van der Waals surface area contributed by atoms with E-state index in [4.69, 9.17) is 4.74 Å². The minimum Gasteiger partial charge on any atom is -0.490 e. The number of benzene rings is 2. The lowest BCUT2D eigenvalue weighted by Crippen LogP contribution is -2.35. The minimum absolute atomic E-state index is 0.0125. The van der Waals surface area contributed by atoms with Crippen LogP contribution in [0.5, 0.6) is 5.75 Å². The van der Waals surface area contributed by atoms with Gasteiger partial charge in [-0.3, -0.25) is 14.8 Å². The topological polar surface area (TPSA) is 70.2 Å². The zero-order valence-corrected chi connectivity index (χ0v) is 23.7. The SMILES string of the molecule is C=C(C)CCC(CCC)Oc1ccc(-c2n[nH]c3ccc(NC(=O)C(c4cccs4)N4CCCC4)cc23)cc1. The number of hydrogen-bond donors (Lipinski definition) is 2. The van der Waals surface area contributed by atoms with Crippen molar-refractivity contribution in [3.63, 3.8) is 0 Å². The van der Waals surface area contributed by atoms with Crippen molar-refractivity contribution >= 4 is 33.8 Å². The number of allylic oxidation sites excluding steroid dienone is 1. The molecule has 4 aromatic rings. The lowest BCUT2D eigenvalue weighted by atomic mass is 10.1. The fourth-order valence-electron chi connectivity index (χ4n) is 5.32. The van der Waals surface area contributed by atoms with E-state index in [1.165, 1.54) is 5.57 Å². The fourth-order valence-corrected chi connectivity index (χ4v) is 6.18. The molecule has 0 saturated carbocycles. The fraction of sp³-hybridized carbons (Fsp3) is 0.375. The Morgan fingerprint density at radius 1 is 1.15 bits per heavy atom. The Bertz CT molecular complexity index is 1390. The van der Waals surface area contributed by atoms with Gasteiger partial charge in [0.2, 0.25) is 5.91 Å². The van der Waals surface area contributed by atoms with Gasteiger partial charge in [0.05, 0.1) is 17.3 Å². The standard InChI is InChI=1S/C32H38N4O2S/c1-4-8-25(14-10-22(2)3)38-26-15-11-23(12-16-26)30-27-21-24(13-17-28(27)34-35-30)33-32(37)31(29-9-7-20-39-29)36-18-5-6-19-36/h7,9,11-13,15-17,20-21,25,31H,2,4-6,8,10,14,18-19H2,1,3H3,(H,33,37)(H,34,35). The maximum absolute atomic E-state index is 13.5. The third-order valence-corrected chi connectivity index (χ3v) is 8.26. The molecule has 204 valence electrons. The summed E-state index contributed by atoms with van der Waals surface area (Å²) in [7, 11) is 0. The number of nitrogens with zero attached hydrogens (tertiary/aromatic N) is 2. The molecule has 39 heavy (non-hydrogen) atoms. The Labute approximate surface area is 235 Å². The zero-order chi connectivity index (χ0) is 27.2. The van der Waals surface area contributed by atoms with Gasteiger partial charge < -0.3 is 10.1 Å². The summed E-state index contributed by atoms with van der Waals surface area (Å²) in [6.45, 7) is 10.2. The molecule has 1 fully saturated rings. The molecule has 3 heterocycles. The number of ether oxygens (including phenoxy) is 1. The van der Waals surface area contributed by atoms with Gasteiger partial charge in [0, 0.05) is 21.5 Å². The van der Waals surface area contributed by atoms with Crippen LogP contribution in [0.1, 0.15) is 63.3 Å². The Hall–Kier alpha value is -3.42. The summed E-state index contributed by atoms with van der Waals surface area (Å²) in [5.74, 6) is 0.881. The highest BCUT2D eigenvalue weighted by atomic mass is 32.1. The summed E-state index contributed by atoms with van der Waals surface area (Å²) in [6, 6.07) is 17.9. The van der Waals surface area contributed by atoms with Crippen LogP contribution in [-0.4, -0.2) is 40.2 Å². The van der Waals surface area contributed by atoms with Gasteiger partial charge in [0.15, 0.2) is 0 Å². The largest absolute Gasteiger partial charge is 0.490 e. The van der Waals surface area contributed by atoms with Crippen molar-refractivity contribution in [2.45, 2.75) is 64.5 Å². The van der Waals surface area contributed by atoms with Crippen LogP contribution >= 0.6 is 11.3 Å². The van der Waals surface area contributed by atoms with Crippen LogP contribution in [0.25, 0.3) is 22.2 Å². The maximum atomic E-state index is 13.5. The van der Waals surface area contributed by atoms with Crippen molar-refractivity contribution in [3.8, 4) is 17.0 Å². The quantitative estimate of drug-likeness (QED) is 0.178. The second-order valence-electron chi connectivity index (χ2n) is 10.5. The zero-order valence-electron chi connectivity index (χ0n) is 22.9. The third kappa shape index (κ3) is 6.60. The average Bonchev–Trinajstić information content (AvgIpc) is 3.71. The molecule has 0 aliphatic carbocycles. The first-order chi connectivity index (χ1) is 19.0. The summed E-state index contributed by atoms with van der Waals surface area (Å²) in [6.07, 6.45) is 6.53. The first-order valence-electron chi connectivity index (χ1n) is 14.0. The van der Waals surface area contributed by atoms with Gasteiger partial charge in [0.25, 0.3) is 0 Å². The van der Waals surface area contributed by atoms with Crippen molar-refractivity contribution < 1.29 is 9.53 Å². The molecule has 2 atom stereocenters. The summed E-state index contributed by atoms with van der Waals surface area (Å²) >= 11 is 1.64. The number of hydrogen-bond acceptors (Lipinski definition) is 5. The molecule has 1 amide bonds. The number of aromatic amines is 1. The lowest BCUT2D eigenvalue weighted by molar-refractivity contribution is -0.121. The molecule has 1 saturated heterocycles. The molecular formula is C32H38N4O2S. The van der Waals surface area contributed by atoms with Gasteiger partial charge >= 0.3 is 0 Å². The number of anilines is 1. The van der Waals surface area contributed by atoms with Crippen molar-refractivity contribution in [1.82, 2.24) is 15.1 Å². The van der Waals surface area contributed by atoms with Crippen molar-refractivity contribution in [3.05, 3.63) is 77.0 Å². The highest BCUT2D eigenvalue weighted by Crippen LogP contribution is 2.33. The number of thiophene rings is 1. The van der Waals surface area contributed by atoms with Crippen LogP contribution in [0.15, 0.2) is 72.1 Å². The third-order valence-electron chi connectivity index (χ3n) is 7.33. The second kappa shape index (κ2) is 12.6. The minimum atomic E-state index is -0.258. The molecule has 0 radical (unpaired) electrons. The first-order valence-corrected chi connectivity index (χ1v) is 14.9. The molecule has 1 aliphatic rings. The van der Waals surface area contributed by atoms with Crippen molar-refractivity contribution in [2.75, 3.05) is 18.4 Å². The molecule has 6 nitrogen and oxygen atoms in total. The Morgan fingerprint density at radius 3 is 2.64 bits per heavy atom. The van der Waals surface area contributed by atoms with Crippen LogP contribution in [-0.2, 0) is 4.79 Å². The number of amides is 1. The van der Waals surface area contributed by atoms with E-state index in [1.807, 2.05) is 41.8 Å². The number of fused-ring (bicyclic) bond motifs is 1. The van der Waals surface area contributed by atoms with E-state index in [0.717, 1.165) is 90.1 Å². The van der Waals surface area contributed by atoms with Gasteiger partial charge in [0.1, 0.15) is 11.8 Å². The van der Waals surface area contributed by atoms with E-state index in [1.54, 1.807) is 11.3 Å². The van der Waals surface area contributed by atoms with Crippen LogP contribution in [0.3, 0.4) is 0 Å². The normalized spacial score (nSPS) is 15.3. The summed E-state index contributed by atoms with van der Waals surface area (Å²) in [5, 5.41) is 13.9. The van der Waals surface area contributed by atoms with E-state index in [-0.39, 0.29) is 18.1 Å². The molecule has 2 aromatic heterocycles. The Balaban J connectivity index is 1.33. The molecule has 1 aliphatic heterocycles. The monoisotopic (exact) mass is 542 g/mol. The first kappa shape index (κ1) is 27.2. The predicted molar refractivity (Wildman–Crippen MR) is 161 cm³/mol. The van der Waals surface area contributed by atoms with Gasteiger partial charge in [-0.15, -0.1) is 17.9 Å². The summed E-state index contributed by atoms with van der Waals surface area (Å²) in [4.78, 5) is 16.9. The molecule has 5 rings (SSSR count). The number of aromatic nitrogens is 2. The molecule has 2 unspecified atom stereocenters. The van der Waals surface area contributed by atoms with Crippen molar-refractivity contribution in [1.29, 1.82) is 0 Å². The number of nitrogens with one attached hydrogen (secondary N) is 2. The number of rotatable bonds is 12. The van der Waals surface area contributed by atoms with Gasteiger partial charge in [-0.2, -0.15) is 5.10 Å². The van der Waals surface area contributed by atoms with E-state index >= 15 is 0 Å². The van der Waals surface area contributed by atoms with Gasteiger partial charge in [-0.1, -0.05) is 25.0 Å². The second-order valence-corrected chi connectivity index (χ2v) is 11.5. The molecular weight excluding hydrogens is 504 g/mol. The average molecular weight is 543 g/mol. The molecule has 0 bridgehead atoms. The van der Waals surface area contributed by atoms with Gasteiger partial charge in [-0.25, -0.2) is 0 Å². The van der Waals surface area contributed by atoms with Crippen molar-refractivity contribution in [2.24, 2.45) is 0 Å². The lowest BCUT2D eigenvalue weighted by Gasteiger charge is -2.25. The van der Waals surface area contributed by atoms with E-state index in [0.29, 0.717) is 0 Å². The number of H-pyrrole nitrogens is 1. The van der Waals surface area contributed by atoms with Crippen LogP contribution in [0.2, 0.25) is 0 Å². The highest BCUT2D eigenvalue weighted by Gasteiger charge is 2.30. The van der Waals surface area contributed by atoms with E-state index in [2.05, 4.69) is 59.0 Å². The Morgan fingerprint density at radius 2 is 1.95 bits per heavy atom. The molecule has 7 heteroatoms.